The molecule has 0 saturated heterocycles. The Bertz CT molecular complexity index is 1710. The summed E-state index contributed by atoms with van der Waals surface area (Å²) < 4.78 is 15.7. The van der Waals surface area contributed by atoms with Gasteiger partial charge in [-0.05, 0) is 45.7 Å². The summed E-state index contributed by atoms with van der Waals surface area (Å²) in [7, 11) is -5.34. The van der Waals surface area contributed by atoms with Crippen LogP contribution in [0.3, 0.4) is 0 Å². The molecule has 0 N–H and O–H groups in total. The molecule has 5 heteroatoms. The lowest BCUT2D eigenvalue weighted by Crippen LogP contribution is -2.32. The normalized spacial score (nSPS) is 20.3. The Morgan fingerprint density at radius 2 is 1.53 bits per heavy atom. The van der Waals surface area contributed by atoms with Crippen LogP contribution in [0, 0.1) is 0 Å². The summed E-state index contributed by atoms with van der Waals surface area (Å²) in [5.41, 5.74) is 4.41. The lowest BCUT2D eigenvalue weighted by atomic mass is 9.91. The predicted molar refractivity (Wildman–Crippen MR) is 158 cm³/mol. The van der Waals surface area contributed by atoms with Crippen molar-refractivity contribution < 1.29 is 4.57 Å². The van der Waals surface area contributed by atoms with Crippen LogP contribution in [0.25, 0.3) is 21.5 Å². The van der Waals surface area contributed by atoms with Crippen molar-refractivity contribution in [1.82, 2.24) is 0 Å². The van der Waals surface area contributed by atoms with Crippen molar-refractivity contribution >= 4 is 65.6 Å². The van der Waals surface area contributed by atoms with Crippen LogP contribution >= 0.6 is 7.14 Å². The van der Waals surface area contributed by atoms with Crippen LogP contribution in [0.15, 0.2) is 112 Å². The maximum atomic E-state index is 15.7. The minimum Gasteiger partial charge on any atom is -0.309 e. The minimum absolute atomic E-state index is 0.860. The Morgan fingerprint density at radius 1 is 0.833 bits per heavy atom. The predicted octanol–water partition coefficient (Wildman–Crippen LogP) is 6.51. The first-order chi connectivity index (χ1) is 17.4. The highest BCUT2D eigenvalue weighted by molar-refractivity contribution is 7.85. The highest BCUT2D eigenvalue weighted by Crippen LogP contribution is 2.56. The van der Waals surface area contributed by atoms with Crippen molar-refractivity contribution in [2.24, 2.45) is 10.2 Å². The molecule has 0 saturated carbocycles. The molecule has 0 spiro atoms. The molecule has 1 unspecified atom stereocenters. The van der Waals surface area contributed by atoms with Gasteiger partial charge in [-0.1, -0.05) is 103 Å². The molecule has 1 atom stereocenters. The van der Waals surface area contributed by atoms with Gasteiger partial charge in [-0.3, -0.25) is 0 Å². The van der Waals surface area contributed by atoms with Crippen LogP contribution in [-0.4, -0.2) is 21.0 Å². The summed E-state index contributed by atoms with van der Waals surface area (Å²) in [5.74, 6) is 0. The molecule has 2 heterocycles. The van der Waals surface area contributed by atoms with Crippen molar-refractivity contribution in [3.8, 4) is 0 Å². The maximum Gasteiger partial charge on any atom is 0.172 e. The van der Waals surface area contributed by atoms with E-state index in [0.29, 0.717) is 0 Å². The van der Waals surface area contributed by atoms with Crippen molar-refractivity contribution in [3.63, 3.8) is 0 Å². The Balaban J connectivity index is 1.89. The van der Waals surface area contributed by atoms with E-state index in [1.165, 1.54) is 10.4 Å². The van der Waals surface area contributed by atoms with Gasteiger partial charge in [0.2, 0.25) is 0 Å². The molecule has 0 radical (unpaired) electrons. The number of allylic oxidation sites excluding steroid dienone is 3. The number of nitrogens with zero attached hydrogens (tertiary/aromatic N) is 2. The van der Waals surface area contributed by atoms with Crippen LogP contribution in [0.1, 0.15) is 18.1 Å². The third-order valence-corrected chi connectivity index (χ3v) is 14.9. The Hall–Kier alpha value is -3.59. The van der Waals surface area contributed by atoms with Crippen molar-refractivity contribution in [3.05, 3.63) is 113 Å². The van der Waals surface area contributed by atoms with Crippen LogP contribution < -0.4 is 15.9 Å². The number of hydrogen-bond donors (Lipinski definition) is 0. The Kier molecular flexibility index (Phi) is 5.22. The molecule has 6 rings (SSSR count). The number of benzene rings is 4. The Labute approximate surface area is 213 Å². The van der Waals surface area contributed by atoms with E-state index in [4.69, 9.17) is 0 Å². The molecule has 176 valence electrons. The fourth-order valence-corrected chi connectivity index (χ4v) is 12.1. The van der Waals surface area contributed by atoms with E-state index in [1.54, 1.807) is 0 Å². The minimum atomic E-state index is -3.20. The fraction of sp³-hybridized carbons (Fsp3) is 0.0968. The highest BCUT2D eigenvalue weighted by atomic mass is 31.2. The first-order valence-corrected chi connectivity index (χ1v) is 16.8. The smallest absolute Gasteiger partial charge is 0.172 e. The topological polar surface area (TPSA) is 41.8 Å². The van der Waals surface area contributed by atoms with Crippen molar-refractivity contribution in [2.75, 3.05) is 0 Å². The van der Waals surface area contributed by atoms with Gasteiger partial charge in [0.05, 0.1) is 6.21 Å². The SMILES string of the molecule is C=N/N=C\C1=C(C)[Si](C)(C)C2=C1c1c(ccc3ccccc13)P(=O)(c1ccccc1)c1ccccc12. The van der Waals surface area contributed by atoms with E-state index in [1.807, 2.05) is 42.6 Å². The average molecular weight is 503 g/mol. The van der Waals surface area contributed by atoms with Gasteiger partial charge >= 0.3 is 0 Å². The van der Waals surface area contributed by atoms with Gasteiger partial charge in [-0.2, -0.15) is 10.2 Å². The standard InChI is InChI=1S/C31H27N2OPSi/c1-21-26(20-33-32-2)30-29-24-15-9-8-12-22(24)18-19-28(29)35(34,23-13-6-5-7-14-23)27-17-11-10-16-25(27)31(30)36(21,3)4/h5-20H,2H2,1,3-4H3/b33-20-. The van der Waals surface area contributed by atoms with Crippen LogP contribution in [0.4, 0.5) is 0 Å². The first kappa shape index (κ1) is 22.8. The molecule has 4 aromatic carbocycles. The van der Waals surface area contributed by atoms with Gasteiger partial charge in [-0.15, -0.1) is 0 Å². The molecule has 0 amide bonds. The molecule has 4 aromatic rings. The van der Waals surface area contributed by atoms with Crippen LogP contribution in [0.2, 0.25) is 13.1 Å². The van der Waals surface area contributed by atoms with Gasteiger partial charge in [0.1, 0.15) is 8.07 Å². The van der Waals surface area contributed by atoms with Gasteiger partial charge in [0.25, 0.3) is 0 Å². The molecule has 0 fully saturated rings. The zero-order valence-corrected chi connectivity index (χ0v) is 22.6. The summed E-state index contributed by atoms with van der Waals surface area (Å²) >= 11 is 0. The molecule has 36 heavy (non-hydrogen) atoms. The quantitative estimate of drug-likeness (QED) is 0.136. The molecule has 3 nitrogen and oxygen atoms in total. The van der Waals surface area contributed by atoms with E-state index >= 15 is 4.57 Å². The molecule has 2 aliphatic heterocycles. The Morgan fingerprint density at radius 3 is 2.31 bits per heavy atom. The van der Waals surface area contributed by atoms with E-state index in [0.717, 1.165) is 49.0 Å². The maximum absolute atomic E-state index is 15.7. The second kappa shape index (κ2) is 8.23. The second-order valence-corrected chi connectivity index (χ2v) is 17.1. The number of fused-ring (bicyclic) bond motifs is 6. The summed E-state index contributed by atoms with van der Waals surface area (Å²) in [6, 6.07) is 31.0. The monoisotopic (exact) mass is 502 g/mol. The summed E-state index contributed by atoms with van der Waals surface area (Å²) in [6.45, 7) is 10.6. The molecule has 0 aliphatic carbocycles. The van der Waals surface area contributed by atoms with Crippen LogP contribution in [-0.2, 0) is 4.57 Å². The van der Waals surface area contributed by atoms with Crippen molar-refractivity contribution in [1.29, 1.82) is 0 Å². The fourth-order valence-electron chi connectivity index (χ4n) is 5.94. The first-order valence-electron chi connectivity index (χ1n) is 12.1. The van der Waals surface area contributed by atoms with Gasteiger partial charge < -0.3 is 4.57 Å². The summed E-state index contributed by atoms with van der Waals surface area (Å²) in [5, 5.41) is 15.6. The third-order valence-electron chi connectivity index (χ3n) is 7.88. The molecule has 0 aromatic heterocycles. The molecular formula is C31H27N2OPSi. The zero-order chi connectivity index (χ0) is 25.1. The van der Waals surface area contributed by atoms with Crippen LogP contribution in [0.5, 0.6) is 0 Å². The molecule has 0 bridgehead atoms. The van der Waals surface area contributed by atoms with Gasteiger partial charge in [-0.25, -0.2) is 0 Å². The third kappa shape index (κ3) is 3.01. The lowest BCUT2D eigenvalue weighted by Gasteiger charge is -2.27. The molecule has 2 aliphatic rings. The van der Waals surface area contributed by atoms with E-state index in [2.05, 4.69) is 91.5 Å². The second-order valence-electron chi connectivity index (χ2n) is 9.94. The molecular weight excluding hydrogens is 475 g/mol. The lowest BCUT2D eigenvalue weighted by molar-refractivity contribution is 0.592. The van der Waals surface area contributed by atoms with Gasteiger partial charge in [0, 0.05) is 28.2 Å². The van der Waals surface area contributed by atoms with E-state index < -0.39 is 15.2 Å². The number of rotatable bonds is 3. The highest BCUT2D eigenvalue weighted by Gasteiger charge is 2.47. The number of hydrogen-bond acceptors (Lipinski definition) is 3. The summed E-state index contributed by atoms with van der Waals surface area (Å²) in [4.78, 5) is 0. The van der Waals surface area contributed by atoms with Gasteiger partial charge in [0.15, 0.2) is 7.14 Å². The zero-order valence-electron chi connectivity index (χ0n) is 20.7. The average Bonchev–Trinajstić information content (AvgIpc) is 3.04. The van der Waals surface area contributed by atoms with E-state index in [9.17, 15) is 0 Å². The largest absolute Gasteiger partial charge is 0.309 e. The summed E-state index contributed by atoms with van der Waals surface area (Å²) in [6.07, 6.45) is 1.85. The van der Waals surface area contributed by atoms with Crippen molar-refractivity contribution in [2.45, 2.75) is 20.0 Å². The van der Waals surface area contributed by atoms with E-state index in [-0.39, 0.29) is 0 Å².